The molecule has 118 valence electrons. The number of benzene rings is 1. The van der Waals surface area contributed by atoms with E-state index in [1.165, 1.54) is 0 Å². The van der Waals surface area contributed by atoms with Crippen LogP contribution in [0.4, 0.5) is 13.2 Å². The molecule has 0 fully saturated rings. The topological polar surface area (TPSA) is 41.1 Å². The molecule has 1 rings (SSSR count). The Kier molecular flexibility index (Phi) is 5.78. The molecular weight excluding hydrogens is 281 g/mol. The minimum absolute atomic E-state index is 0.222. The van der Waals surface area contributed by atoms with Crippen molar-refractivity contribution in [2.75, 3.05) is 13.1 Å². The lowest BCUT2D eigenvalue weighted by Crippen LogP contribution is -2.48. The second kappa shape index (κ2) is 6.93. The van der Waals surface area contributed by atoms with E-state index >= 15 is 0 Å². The molecule has 0 aliphatic carbocycles. The van der Waals surface area contributed by atoms with E-state index in [1.807, 2.05) is 49.5 Å². The van der Waals surface area contributed by atoms with E-state index in [9.17, 15) is 18.0 Å². The molecule has 3 nitrogen and oxygen atoms in total. The van der Waals surface area contributed by atoms with E-state index in [0.717, 1.165) is 5.56 Å². The molecule has 1 aromatic rings. The minimum Gasteiger partial charge on any atom is -0.346 e. The third kappa shape index (κ3) is 6.16. The average Bonchev–Trinajstić information content (AvgIpc) is 2.42. The summed E-state index contributed by atoms with van der Waals surface area (Å²) in [5.41, 5.74) is 0.875. The van der Waals surface area contributed by atoms with E-state index in [2.05, 4.69) is 5.32 Å². The van der Waals surface area contributed by atoms with Crippen LogP contribution in [0.1, 0.15) is 26.3 Å². The van der Waals surface area contributed by atoms with Gasteiger partial charge >= 0.3 is 6.18 Å². The number of alkyl halides is 3. The summed E-state index contributed by atoms with van der Waals surface area (Å²) in [4.78, 5) is 11.6. The summed E-state index contributed by atoms with van der Waals surface area (Å²) < 4.78 is 36.1. The van der Waals surface area contributed by atoms with Crippen molar-refractivity contribution in [3.8, 4) is 0 Å². The molecule has 21 heavy (non-hydrogen) atoms. The molecule has 0 aliphatic rings. The predicted molar refractivity (Wildman–Crippen MR) is 76.0 cm³/mol. The van der Waals surface area contributed by atoms with Crippen molar-refractivity contribution in [1.29, 1.82) is 0 Å². The molecule has 0 saturated heterocycles. The Morgan fingerprint density at radius 1 is 1.14 bits per heavy atom. The van der Waals surface area contributed by atoms with Crippen LogP contribution in [0.25, 0.3) is 0 Å². The normalized spacial score (nSPS) is 13.8. The largest absolute Gasteiger partial charge is 0.405 e. The van der Waals surface area contributed by atoms with Gasteiger partial charge in [-0.05, 0) is 12.5 Å². The standard InChI is InChI=1S/C15H21F3N2O/c1-11(13(21)20-10-15(16,17)18)19-9-14(2,3)12-7-5-4-6-8-12/h4-8,11,19H,9-10H2,1-3H3,(H,20,21). The first-order chi connectivity index (χ1) is 9.62. The maximum Gasteiger partial charge on any atom is 0.405 e. The van der Waals surface area contributed by atoms with Crippen LogP contribution in [0.2, 0.25) is 0 Å². The lowest BCUT2D eigenvalue weighted by Gasteiger charge is -2.27. The predicted octanol–water partition coefficient (Wildman–Crippen LogP) is 2.62. The van der Waals surface area contributed by atoms with Crippen LogP contribution in [0.5, 0.6) is 0 Å². The van der Waals surface area contributed by atoms with Gasteiger partial charge in [-0.2, -0.15) is 13.2 Å². The van der Waals surface area contributed by atoms with E-state index in [0.29, 0.717) is 6.54 Å². The van der Waals surface area contributed by atoms with E-state index < -0.39 is 24.7 Å². The van der Waals surface area contributed by atoms with Gasteiger partial charge in [0, 0.05) is 12.0 Å². The van der Waals surface area contributed by atoms with E-state index in [1.54, 1.807) is 6.92 Å². The highest BCUT2D eigenvalue weighted by Gasteiger charge is 2.29. The molecule has 1 aromatic carbocycles. The third-order valence-electron chi connectivity index (χ3n) is 3.26. The Morgan fingerprint density at radius 3 is 2.24 bits per heavy atom. The number of rotatable bonds is 6. The first-order valence-electron chi connectivity index (χ1n) is 6.75. The fourth-order valence-electron chi connectivity index (χ4n) is 1.83. The molecule has 0 heterocycles. The lowest BCUT2D eigenvalue weighted by atomic mass is 9.84. The minimum atomic E-state index is -4.39. The van der Waals surface area contributed by atoms with Crippen molar-refractivity contribution in [3.05, 3.63) is 35.9 Å². The van der Waals surface area contributed by atoms with Crippen LogP contribution >= 0.6 is 0 Å². The van der Waals surface area contributed by atoms with Gasteiger partial charge in [0.15, 0.2) is 0 Å². The Labute approximate surface area is 122 Å². The molecule has 0 saturated carbocycles. The SMILES string of the molecule is CC(NCC(C)(C)c1ccccc1)C(=O)NCC(F)(F)F. The highest BCUT2D eigenvalue weighted by atomic mass is 19.4. The molecule has 0 bridgehead atoms. The van der Waals surface area contributed by atoms with Gasteiger partial charge < -0.3 is 10.6 Å². The van der Waals surface area contributed by atoms with Gasteiger partial charge in [0.05, 0.1) is 6.04 Å². The van der Waals surface area contributed by atoms with Gasteiger partial charge in [0.2, 0.25) is 5.91 Å². The van der Waals surface area contributed by atoms with Crippen LogP contribution in [-0.4, -0.2) is 31.2 Å². The summed E-state index contributed by atoms with van der Waals surface area (Å²) in [6, 6.07) is 9.05. The second-order valence-electron chi connectivity index (χ2n) is 5.69. The average molecular weight is 302 g/mol. The van der Waals surface area contributed by atoms with Crippen molar-refractivity contribution in [3.63, 3.8) is 0 Å². The Balaban J connectivity index is 2.48. The maximum atomic E-state index is 12.0. The van der Waals surface area contributed by atoms with Crippen molar-refractivity contribution < 1.29 is 18.0 Å². The van der Waals surface area contributed by atoms with Crippen LogP contribution in [0.15, 0.2) is 30.3 Å². The zero-order valence-electron chi connectivity index (χ0n) is 12.4. The first-order valence-corrected chi connectivity index (χ1v) is 6.75. The smallest absolute Gasteiger partial charge is 0.346 e. The summed E-state index contributed by atoms with van der Waals surface area (Å²) in [7, 11) is 0. The molecule has 0 aromatic heterocycles. The number of hydrogen-bond donors (Lipinski definition) is 2. The van der Waals surface area contributed by atoms with Gasteiger partial charge in [-0.15, -0.1) is 0 Å². The van der Waals surface area contributed by atoms with Crippen LogP contribution in [-0.2, 0) is 10.2 Å². The molecular formula is C15H21F3N2O. The molecule has 0 radical (unpaired) electrons. The highest BCUT2D eigenvalue weighted by Crippen LogP contribution is 2.21. The summed E-state index contributed by atoms with van der Waals surface area (Å²) in [6.45, 7) is 4.75. The fourth-order valence-corrected chi connectivity index (χ4v) is 1.83. The fraction of sp³-hybridized carbons (Fsp3) is 0.533. The lowest BCUT2D eigenvalue weighted by molar-refractivity contribution is -0.139. The number of amides is 1. The Morgan fingerprint density at radius 2 is 1.71 bits per heavy atom. The van der Waals surface area contributed by atoms with E-state index in [-0.39, 0.29) is 5.41 Å². The molecule has 1 atom stereocenters. The molecule has 6 heteroatoms. The van der Waals surface area contributed by atoms with Gasteiger partial charge in [-0.3, -0.25) is 4.79 Å². The number of nitrogens with one attached hydrogen (secondary N) is 2. The monoisotopic (exact) mass is 302 g/mol. The quantitative estimate of drug-likeness (QED) is 0.848. The molecule has 0 aliphatic heterocycles. The second-order valence-corrected chi connectivity index (χ2v) is 5.69. The van der Waals surface area contributed by atoms with Gasteiger partial charge in [-0.1, -0.05) is 44.2 Å². The van der Waals surface area contributed by atoms with E-state index in [4.69, 9.17) is 0 Å². The highest BCUT2D eigenvalue weighted by molar-refractivity contribution is 5.81. The summed E-state index contributed by atoms with van der Waals surface area (Å²) >= 11 is 0. The molecule has 1 unspecified atom stereocenters. The van der Waals surface area contributed by atoms with Crippen molar-refractivity contribution in [1.82, 2.24) is 10.6 Å². The molecule has 2 N–H and O–H groups in total. The maximum absolute atomic E-state index is 12.0. The molecule has 0 spiro atoms. The number of carbonyl (C=O) groups is 1. The summed E-state index contributed by atoms with van der Waals surface area (Å²) in [5.74, 6) is -0.656. The van der Waals surface area contributed by atoms with Crippen molar-refractivity contribution in [2.24, 2.45) is 0 Å². The summed E-state index contributed by atoms with van der Waals surface area (Å²) in [6.07, 6.45) is -4.39. The van der Waals surface area contributed by atoms with Gasteiger partial charge in [0.1, 0.15) is 6.54 Å². The van der Waals surface area contributed by atoms with Gasteiger partial charge in [0.25, 0.3) is 0 Å². The number of hydrogen-bond acceptors (Lipinski definition) is 2. The van der Waals surface area contributed by atoms with Crippen LogP contribution < -0.4 is 10.6 Å². The zero-order valence-corrected chi connectivity index (χ0v) is 12.4. The molecule has 1 amide bonds. The van der Waals surface area contributed by atoms with Crippen LogP contribution in [0, 0.1) is 0 Å². The summed E-state index contributed by atoms with van der Waals surface area (Å²) in [5, 5.41) is 4.85. The third-order valence-corrected chi connectivity index (χ3v) is 3.26. The zero-order chi connectivity index (χ0) is 16.1. The number of halogens is 3. The Bertz CT molecular complexity index is 458. The Hall–Kier alpha value is -1.56. The van der Waals surface area contributed by atoms with Crippen LogP contribution in [0.3, 0.4) is 0 Å². The van der Waals surface area contributed by atoms with Gasteiger partial charge in [-0.25, -0.2) is 0 Å². The number of carbonyl (C=O) groups excluding carboxylic acids is 1. The van der Waals surface area contributed by atoms with Crippen molar-refractivity contribution >= 4 is 5.91 Å². The van der Waals surface area contributed by atoms with Crippen molar-refractivity contribution in [2.45, 2.75) is 38.4 Å². The first kappa shape index (κ1) is 17.5.